The van der Waals surface area contributed by atoms with E-state index in [1.165, 1.54) is 14.1 Å². The zero-order valence-electron chi connectivity index (χ0n) is 15.9. The number of nitrogen functional groups attached to an aromatic ring is 1. The van der Waals surface area contributed by atoms with Crippen LogP contribution in [0.25, 0.3) is 0 Å². The third kappa shape index (κ3) is 3.94. The molecule has 0 aliphatic rings. The number of hydrogen-bond donors (Lipinski definition) is 1. The van der Waals surface area contributed by atoms with Crippen LogP contribution < -0.4 is 17.0 Å². The van der Waals surface area contributed by atoms with Crippen LogP contribution >= 0.6 is 0 Å². The van der Waals surface area contributed by atoms with E-state index in [1.807, 2.05) is 56.0 Å². The molecule has 1 aromatic carbocycles. The van der Waals surface area contributed by atoms with E-state index in [4.69, 9.17) is 5.73 Å². The standard InChI is InChI=1S/C19H26N4O3/c1-19(2,3)23(11-13-9-7-6-8-10-13)12-14(24)15-16(20)21(4)18(26)22(5)17(15)25/h6-10H,11-12,20H2,1-5H3. The topological polar surface area (TPSA) is 90.3 Å². The smallest absolute Gasteiger partial charge is 0.332 e. The van der Waals surface area contributed by atoms with Crippen LogP contribution in [0.1, 0.15) is 36.7 Å². The highest BCUT2D eigenvalue weighted by Gasteiger charge is 2.27. The molecule has 7 heteroatoms. The first kappa shape index (κ1) is 19.7. The Kier molecular flexibility index (Phi) is 5.51. The monoisotopic (exact) mass is 358 g/mol. The summed E-state index contributed by atoms with van der Waals surface area (Å²) < 4.78 is 2.02. The van der Waals surface area contributed by atoms with Gasteiger partial charge in [0.1, 0.15) is 11.4 Å². The number of rotatable bonds is 5. The molecule has 0 saturated heterocycles. The fourth-order valence-electron chi connectivity index (χ4n) is 2.71. The molecule has 7 nitrogen and oxygen atoms in total. The van der Waals surface area contributed by atoms with Crippen molar-refractivity contribution < 1.29 is 4.79 Å². The minimum Gasteiger partial charge on any atom is -0.384 e. The minimum atomic E-state index is -0.663. The van der Waals surface area contributed by atoms with Crippen molar-refractivity contribution in [1.82, 2.24) is 14.0 Å². The predicted molar refractivity (Wildman–Crippen MR) is 102 cm³/mol. The van der Waals surface area contributed by atoms with Gasteiger partial charge in [0.2, 0.25) is 0 Å². The van der Waals surface area contributed by atoms with E-state index in [0.717, 1.165) is 14.7 Å². The van der Waals surface area contributed by atoms with Crippen LogP contribution in [0, 0.1) is 0 Å². The number of nitrogens with two attached hydrogens (primary N) is 1. The van der Waals surface area contributed by atoms with Gasteiger partial charge in [0.05, 0.1) is 6.54 Å². The third-order valence-corrected chi connectivity index (χ3v) is 4.49. The molecule has 2 aromatic rings. The summed E-state index contributed by atoms with van der Waals surface area (Å²) in [5, 5.41) is 0. The Balaban J connectivity index is 2.40. The first-order valence-corrected chi connectivity index (χ1v) is 8.41. The molecule has 2 rings (SSSR count). The first-order valence-electron chi connectivity index (χ1n) is 8.41. The Morgan fingerprint density at radius 3 is 2.19 bits per heavy atom. The van der Waals surface area contributed by atoms with Crippen LogP contribution in [-0.2, 0) is 20.6 Å². The normalized spacial score (nSPS) is 11.8. The maximum Gasteiger partial charge on any atom is 0.332 e. The van der Waals surface area contributed by atoms with Crippen molar-refractivity contribution in [1.29, 1.82) is 0 Å². The van der Waals surface area contributed by atoms with Crippen molar-refractivity contribution in [2.75, 3.05) is 12.3 Å². The van der Waals surface area contributed by atoms with Crippen LogP contribution in [0.3, 0.4) is 0 Å². The number of nitrogens with zero attached hydrogens (tertiary/aromatic N) is 3. The number of carbonyl (C=O) groups excluding carboxylic acids is 1. The summed E-state index contributed by atoms with van der Waals surface area (Å²) in [4.78, 5) is 39.2. The maximum atomic E-state index is 12.9. The highest BCUT2D eigenvalue weighted by Crippen LogP contribution is 2.18. The largest absolute Gasteiger partial charge is 0.384 e. The van der Waals surface area contributed by atoms with Gasteiger partial charge in [-0.1, -0.05) is 30.3 Å². The van der Waals surface area contributed by atoms with E-state index in [-0.39, 0.29) is 23.5 Å². The summed E-state index contributed by atoms with van der Waals surface area (Å²) in [5.41, 5.74) is 5.31. The average molecular weight is 358 g/mol. The predicted octanol–water partition coefficient (Wildman–Crippen LogP) is 1.15. The Morgan fingerprint density at radius 1 is 1.08 bits per heavy atom. The molecule has 0 radical (unpaired) electrons. The van der Waals surface area contributed by atoms with E-state index in [0.29, 0.717) is 6.54 Å². The fourth-order valence-corrected chi connectivity index (χ4v) is 2.71. The van der Waals surface area contributed by atoms with Gasteiger partial charge in [-0.3, -0.25) is 23.6 Å². The molecule has 0 fully saturated rings. The molecule has 1 aromatic heterocycles. The molecule has 0 aliphatic heterocycles. The van der Waals surface area contributed by atoms with E-state index in [9.17, 15) is 14.4 Å². The summed E-state index contributed by atoms with van der Waals surface area (Å²) in [6.45, 7) is 6.60. The lowest BCUT2D eigenvalue weighted by Crippen LogP contribution is -2.47. The van der Waals surface area contributed by atoms with Gasteiger partial charge in [0.25, 0.3) is 5.56 Å². The molecule has 0 aliphatic carbocycles. The number of ketones is 1. The van der Waals surface area contributed by atoms with Crippen LogP contribution in [0.4, 0.5) is 5.82 Å². The SMILES string of the molecule is Cn1c(N)c(C(=O)CN(Cc2ccccc2)C(C)(C)C)c(=O)n(C)c1=O. The van der Waals surface area contributed by atoms with Crippen molar-refractivity contribution in [2.24, 2.45) is 14.1 Å². The van der Waals surface area contributed by atoms with Gasteiger partial charge >= 0.3 is 5.69 Å². The Morgan fingerprint density at radius 2 is 1.65 bits per heavy atom. The van der Waals surface area contributed by atoms with Crippen molar-refractivity contribution in [3.8, 4) is 0 Å². The maximum absolute atomic E-state index is 12.9. The summed E-state index contributed by atoms with van der Waals surface area (Å²) in [6, 6.07) is 9.80. The third-order valence-electron chi connectivity index (χ3n) is 4.49. The molecule has 1 heterocycles. The second kappa shape index (κ2) is 7.29. The molecule has 26 heavy (non-hydrogen) atoms. The number of Topliss-reactive ketones (excluding diaryl/α,β-unsaturated/α-hetero) is 1. The van der Waals surface area contributed by atoms with Crippen molar-refractivity contribution in [2.45, 2.75) is 32.9 Å². The highest BCUT2D eigenvalue weighted by atomic mass is 16.2. The average Bonchev–Trinajstić information content (AvgIpc) is 2.58. The summed E-state index contributed by atoms with van der Waals surface area (Å²) in [7, 11) is 2.78. The van der Waals surface area contributed by atoms with Crippen molar-refractivity contribution in [3.63, 3.8) is 0 Å². The van der Waals surface area contributed by atoms with Gasteiger partial charge < -0.3 is 5.73 Å². The second-order valence-electron chi connectivity index (χ2n) is 7.40. The summed E-state index contributed by atoms with van der Waals surface area (Å²) in [5.74, 6) is -0.499. The van der Waals surface area contributed by atoms with Gasteiger partial charge in [0.15, 0.2) is 5.78 Å². The van der Waals surface area contributed by atoms with E-state index < -0.39 is 17.0 Å². The molecule has 0 saturated carbocycles. The summed E-state index contributed by atoms with van der Waals surface area (Å²) >= 11 is 0. The van der Waals surface area contributed by atoms with Crippen LogP contribution in [0.2, 0.25) is 0 Å². The molecule has 0 unspecified atom stereocenters. The van der Waals surface area contributed by atoms with E-state index in [1.54, 1.807) is 0 Å². The van der Waals surface area contributed by atoms with E-state index >= 15 is 0 Å². The lowest BCUT2D eigenvalue weighted by molar-refractivity contribution is 0.0791. The van der Waals surface area contributed by atoms with E-state index in [2.05, 4.69) is 0 Å². The fraction of sp³-hybridized carbons (Fsp3) is 0.421. The van der Waals surface area contributed by atoms with Crippen molar-refractivity contribution in [3.05, 3.63) is 62.3 Å². The molecule has 0 bridgehead atoms. The molecule has 2 N–H and O–H groups in total. The lowest BCUT2D eigenvalue weighted by Gasteiger charge is -2.35. The zero-order chi connectivity index (χ0) is 19.6. The van der Waals surface area contributed by atoms with Gasteiger partial charge in [0, 0.05) is 26.2 Å². The minimum absolute atomic E-state index is 0.0238. The Labute approximate surface area is 152 Å². The number of carbonyl (C=O) groups is 1. The highest BCUT2D eigenvalue weighted by molar-refractivity contribution is 6.01. The molecular formula is C19H26N4O3. The first-order chi connectivity index (χ1) is 12.0. The molecule has 0 spiro atoms. The van der Waals surface area contributed by atoms with Crippen LogP contribution in [0.15, 0.2) is 39.9 Å². The van der Waals surface area contributed by atoms with Crippen LogP contribution in [-0.4, -0.2) is 31.9 Å². The zero-order valence-corrected chi connectivity index (χ0v) is 15.9. The molecule has 0 amide bonds. The Hall–Kier alpha value is -2.67. The van der Waals surface area contributed by atoms with Crippen LogP contribution in [0.5, 0.6) is 0 Å². The molecule has 140 valence electrons. The lowest BCUT2D eigenvalue weighted by atomic mass is 10.0. The van der Waals surface area contributed by atoms with Gasteiger partial charge in [-0.2, -0.15) is 0 Å². The Bertz CT molecular complexity index is 921. The number of aromatic nitrogens is 2. The quantitative estimate of drug-likeness (QED) is 0.810. The molecule has 0 atom stereocenters. The molecular weight excluding hydrogens is 332 g/mol. The number of benzene rings is 1. The number of hydrogen-bond acceptors (Lipinski definition) is 5. The number of anilines is 1. The van der Waals surface area contributed by atoms with Crippen molar-refractivity contribution >= 4 is 11.6 Å². The van der Waals surface area contributed by atoms with Gasteiger partial charge in [-0.05, 0) is 26.3 Å². The van der Waals surface area contributed by atoms with Gasteiger partial charge in [-0.25, -0.2) is 4.79 Å². The summed E-state index contributed by atoms with van der Waals surface area (Å²) in [6.07, 6.45) is 0. The van der Waals surface area contributed by atoms with Gasteiger partial charge in [-0.15, -0.1) is 0 Å². The second-order valence-corrected chi connectivity index (χ2v) is 7.40.